The summed E-state index contributed by atoms with van der Waals surface area (Å²) in [4.78, 5) is 3.45. The molecule has 1 aromatic heterocycles. The van der Waals surface area contributed by atoms with Crippen LogP contribution in [0.1, 0.15) is 18.4 Å². The number of likely N-dealkylation sites (tertiary alicyclic amines) is 1. The van der Waals surface area contributed by atoms with Crippen LogP contribution in [0.25, 0.3) is 0 Å². The average Bonchev–Trinajstić information content (AvgIpc) is 2.80. The van der Waals surface area contributed by atoms with E-state index >= 15 is 0 Å². The lowest BCUT2D eigenvalue weighted by Gasteiger charge is -2.45. The third-order valence-corrected chi connectivity index (χ3v) is 6.44. The second-order valence-electron chi connectivity index (χ2n) is 5.27. The van der Waals surface area contributed by atoms with Gasteiger partial charge in [0, 0.05) is 24.4 Å². The quantitative estimate of drug-likeness (QED) is 0.716. The van der Waals surface area contributed by atoms with Gasteiger partial charge in [0.25, 0.3) is 0 Å². The lowest BCUT2D eigenvalue weighted by atomic mass is 9.73. The molecule has 0 bridgehead atoms. The summed E-state index contributed by atoms with van der Waals surface area (Å²) >= 11 is 1.70. The first-order valence-corrected chi connectivity index (χ1v) is 8.06. The minimum Gasteiger partial charge on any atom is -0.306 e. The van der Waals surface area contributed by atoms with Gasteiger partial charge in [-0.2, -0.15) is 11.3 Å². The van der Waals surface area contributed by atoms with Crippen molar-refractivity contribution in [2.75, 3.05) is 33.7 Å². The van der Waals surface area contributed by atoms with Crippen LogP contribution in [-0.4, -0.2) is 47.1 Å². The van der Waals surface area contributed by atoms with Gasteiger partial charge in [-0.15, -0.1) is 0 Å². The molecular weight excluding hydrogens is 252 g/mol. The van der Waals surface area contributed by atoms with Crippen molar-refractivity contribution in [1.29, 1.82) is 0 Å². The van der Waals surface area contributed by atoms with E-state index in [1.165, 1.54) is 18.4 Å². The molecule has 1 aromatic rings. The first kappa shape index (κ1) is 11.8. The Balaban J connectivity index is 2.02. The van der Waals surface area contributed by atoms with Crippen molar-refractivity contribution in [2.24, 2.45) is 0 Å². The third kappa shape index (κ3) is 1.80. The van der Waals surface area contributed by atoms with Gasteiger partial charge >= 0.3 is 0 Å². The molecule has 94 valence electrons. The first-order chi connectivity index (χ1) is 8.12. The summed E-state index contributed by atoms with van der Waals surface area (Å²) < 4.78 is 14.2. The zero-order chi connectivity index (χ0) is 12.0. The number of nitrogens with zero attached hydrogens (tertiary/aromatic N) is 2. The fourth-order valence-corrected chi connectivity index (χ4v) is 5.58. The van der Waals surface area contributed by atoms with Crippen molar-refractivity contribution < 1.29 is 4.21 Å². The van der Waals surface area contributed by atoms with Crippen LogP contribution in [0.2, 0.25) is 0 Å². The van der Waals surface area contributed by atoms with Gasteiger partial charge in [0.15, 0.2) is 0 Å². The SMILES string of the molecule is CN1CCC2(CC1)CN(C)S(=O)c1cscc12. The predicted molar refractivity (Wildman–Crippen MR) is 71.8 cm³/mol. The molecule has 17 heavy (non-hydrogen) atoms. The van der Waals surface area contributed by atoms with Gasteiger partial charge in [0.1, 0.15) is 11.0 Å². The van der Waals surface area contributed by atoms with Crippen molar-refractivity contribution in [3.05, 3.63) is 16.3 Å². The summed E-state index contributed by atoms with van der Waals surface area (Å²) in [6, 6.07) is 0. The molecule has 1 fully saturated rings. The fraction of sp³-hybridized carbons (Fsp3) is 0.667. The number of hydrogen-bond acceptors (Lipinski definition) is 3. The Hall–Kier alpha value is -0.230. The monoisotopic (exact) mass is 270 g/mol. The molecule has 3 nitrogen and oxygen atoms in total. The lowest BCUT2D eigenvalue weighted by Crippen LogP contribution is -2.50. The lowest BCUT2D eigenvalue weighted by molar-refractivity contribution is 0.163. The van der Waals surface area contributed by atoms with Crippen LogP contribution >= 0.6 is 11.3 Å². The number of thiophene rings is 1. The molecule has 1 spiro atoms. The maximum absolute atomic E-state index is 12.2. The summed E-state index contributed by atoms with van der Waals surface area (Å²) in [5.74, 6) is 0. The summed E-state index contributed by atoms with van der Waals surface area (Å²) in [5, 5.41) is 4.30. The molecule has 5 heteroatoms. The molecule has 1 unspecified atom stereocenters. The van der Waals surface area contributed by atoms with E-state index in [2.05, 4.69) is 22.7 Å². The van der Waals surface area contributed by atoms with Crippen LogP contribution in [0.5, 0.6) is 0 Å². The van der Waals surface area contributed by atoms with Crippen LogP contribution in [-0.2, 0) is 16.4 Å². The molecule has 0 radical (unpaired) electrons. The Morgan fingerprint density at radius 2 is 2.00 bits per heavy atom. The molecule has 3 rings (SSSR count). The Kier molecular flexibility index (Phi) is 2.89. The summed E-state index contributed by atoms with van der Waals surface area (Å²) in [7, 11) is 3.23. The second kappa shape index (κ2) is 4.16. The van der Waals surface area contributed by atoms with E-state index in [0.717, 1.165) is 24.5 Å². The van der Waals surface area contributed by atoms with Gasteiger partial charge in [0.05, 0.1) is 4.90 Å². The van der Waals surface area contributed by atoms with Crippen molar-refractivity contribution in [3.63, 3.8) is 0 Å². The summed E-state index contributed by atoms with van der Waals surface area (Å²) in [6.07, 6.45) is 2.38. The fourth-order valence-electron chi connectivity index (χ4n) is 3.02. The summed E-state index contributed by atoms with van der Waals surface area (Å²) in [5.41, 5.74) is 1.62. The maximum atomic E-state index is 12.2. The van der Waals surface area contributed by atoms with Crippen molar-refractivity contribution >= 4 is 22.3 Å². The van der Waals surface area contributed by atoms with Gasteiger partial charge in [0.2, 0.25) is 0 Å². The molecule has 0 aromatic carbocycles. The largest absolute Gasteiger partial charge is 0.306 e. The van der Waals surface area contributed by atoms with E-state index in [0.29, 0.717) is 0 Å². The standard InChI is InChI=1S/C12H18N2OS2/c1-13-5-3-12(4-6-13)9-14(2)17(15)11-8-16-7-10(11)12/h7-8H,3-6,9H2,1-2H3. The molecule has 0 aliphatic carbocycles. The first-order valence-electron chi connectivity index (χ1n) is 6.01. The van der Waals surface area contributed by atoms with Crippen LogP contribution < -0.4 is 0 Å². The van der Waals surface area contributed by atoms with Gasteiger partial charge in [-0.3, -0.25) is 0 Å². The molecule has 1 saturated heterocycles. The van der Waals surface area contributed by atoms with E-state index in [1.807, 2.05) is 11.4 Å². The minimum absolute atomic E-state index is 0.254. The van der Waals surface area contributed by atoms with Crippen LogP contribution in [0, 0.1) is 0 Å². The molecule has 2 aliphatic rings. The molecule has 2 aliphatic heterocycles. The highest BCUT2D eigenvalue weighted by atomic mass is 32.2. The molecule has 1 atom stereocenters. The topological polar surface area (TPSA) is 23.6 Å². The average molecular weight is 270 g/mol. The van der Waals surface area contributed by atoms with Crippen LogP contribution in [0.15, 0.2) is 15.7 Å². The smallest absolute Gasteiger partial charge is 0.128 e. The second-order valence-corrected chi connectivity index (χ2v) is 7.57. The van der Waals surface area contributed by atoms with Crippen molar-refractivity contribution in [3.8, 4) is 0 Å². The van der Waals surface area contributed by atoms with Gasteiger partial charge in [-0.25, -0.2) is 8.51 Å². The Morgan fingerprint density at radius 3 is 2.71 bits per heavy atom. The molecule has 0 N–H and O–H groups in total. The highest BCUT2D eigenvalue weighted by Gasteiger charge is 2.43. The third-order valence-electron chi connectivity index (χ3n) is 4.14. The van der Waals surface area contributed by atoms with Gasteiger partial charge < -0.3 is 4.90 Å². The Labute approximate surface area is 109 Å². The van der Waals surface area contributed by atoms with Crippen molar-refractivity contribution in [2.45, 2.75) is 23.2 Å². The van der Waals surface area contributed by atoms with E-state index in [-0.39, 0.29) is 5.41 Å². The number of fused-ring (bicyclic) bond motifs is 2. The Morgan fingerprint density at radius 1 is 1.29 bits per heavy atom. The number of piperidine rings is 1. The van der Waals surface area contributed by atoms with E-state index in [9.17, 15) is 4.21 Å². The molecule has 3 heterocycles. The van der Waals surface area contributed by atoms with Crippen LogP contribution in [0.3, 0.4) is 0 Å². The van der Waals surface area contributed by atoms with Crippen LogP contribution in [0.4, 0.5) is 0 Å². The van der Waals surface area contributed by atoms with Gasteiger partial charge in [-0.1, -0.05) is 0 Å². The number of hydrogen-bond donors (Lipinski definition) is 0. The van der Waals surface area contributed by atoms with Gasteiger partial charge in [-0.05, 0) is 43.9 Å². The minimum atomic E-state index is -0.935. The molecule has 0 amide bonds. The van der Waals surface area contributed by atoms with E-state index < -0.39 is 11.0 Å². The predicted octanol–water partition coefficient (Wildman–Crippen LogP) is 1.68. The Bertz CT molecular complexity index is 449. The highest BCUT2D eigenvalue weighted by Crippen LogP contribution is 2.44. The van der Waals surface area contributed by atoms with E-state index in [4.69, 9.17) is 0 Å². The zero-order valence-corrected chi connectivity index (χ0v) is 11.9. The highest BCUT2D eigenvalue weighted by molar-refractivity contribution is 7.83. The zero-order valence-electron chi connectivity index (χ0n) is 10.3. The summed E-state index contributed by atoms with van der Waals surface area (Å²) in [6.45, 7) is 3.24. The van der Waals surface area contributed by atoms with Crippen molar-refractivity contribution in [1.82, 2.24) is 9.21 Å². The van der Waals surface area contributed by atoms with E-state index in [1.54, 1.807) is 11.3 Å². The normalized spacial score (nSPS) is 29.4. The maximum Gasteiger partial charge on any atom is 0.128 e. The number of rotatable bonds is 0. The molecular formula is C12H18N2OS2. The molecule has 0 saturated carbocycles. The number of likely N-dealkylation sites (N-methyl/N-ethyl adjacent to an activating group) is 1.